The Morgan fingerprint density at radius 3 is 2.19 bits per heavy atom. The van der Waals surface area contributed by atoms with Crippen molar-refractivity contribution in [3.8, 4) is 17.2 Å². The Morgan fingerprint density at radius 1 is 1.19 bits per heavy atom. The third-order valence-electron chi connectivity index (χ3n) is 3.22. The fourth-order valence-electron chi connectivity index (χ4n) is 1.87. The molecule has 0 bridgehead atoms. The van der Waals surface area contributed by atoms with Crippen LogP contribution in [0, 0.1) is 5.92 Å². The lowest BCUT2D eigenvalue weighted by Gasteiger charge is -2.15. The van der Waals surface area contributed by atoms with Crippen LogP contribution in [0.1, 0.15) is 19.8 Å². The fraction of sp³-hybridized carbons (Fsp3) is 0.533. The first-order chi connectivity index (χ1) is 10.0. The Morgan fingerprint density at radius 2 is 1.76 bits per heavy atom. The number of nitrogens with one attached hydrogen (secondary N) is 1. The molecule has 0 aromatic heterocycles. The number of carbonyl (C=O) groups is 1. The lowest BCUT2D eigenvalue weighted by molar-refractivity contribution is -0.116. The predicted octanol–water partition coefficient (Wildman–Crippen LogP) is 2.03. The van der Waals surface area contributed by atoms with E-state index in [1.165, 1.54) is 21.3 Å². The number of nitrogens with two attached hydrogens (primary N) is 1. The molecule has 0 heterocycles. The predicted molar refractivity (Wildman–Crippen MR) is 82.2 cm³/mol. The van der Waals surface area contributed by atoms with Crippen LogP contribution in [-0.4, -0.2) is 33.8 Å². The summed E-state index contributed by atoms with van der Waals surface area (Å²) in [4.78, 5) is 11.9. The Balaban J connectivity index is 2.81. The number of methoxy groups -OCH3 is 3. The van der Waals surface area contributed by atoms with Crippen molar-refractivity contribution < 1.29 is 19.0 Å². The van der Waals surface area contributed by atoms with Crippen LogP contribution in [0.2, 0.25) is 0 Å². The molecule has 1 unspecified atom stereocenters. The summed E-state index contributed by atoms with van der Waals surface area (Å²) < 4.78 is 15.7. The van der Waals surface area contributed by atoms with Crippen molar-refractivity contribution in [2.24, 2.45) is 11.7 Å². The molecule has 1 aromatic carbocycles. The van der Waals surface area contributed by atoms with Gasteiger partial charge in [-0.25, -0.2) is 0 Å². The molecule has 0 aliphatic heterocycles. The smallest absolute Gasteiger partial charge is 0.224 e. The maximum atomic E-state index is 11.9. The van der Waals surface area contributed by atoms with Gasteiger partial charge < -0.3 is 25.3 Å². The molecule has 6 heteroatoms. The molecule has 1 aromatic rings. The molecule has 0 aliphatic carbocycles. The van der Waals surface area contributed by atoms with Crippen LogP contribution in [0.15, 0.2) is 12.1 Å². The monoisotopic (exact) mass is 296 g/mol. The minimum atomic E-state index is -0.0652. The first-order valence-electron chi connectivity index (χ1n) is 6.85. The van der Waals surface area contributed by atoms with Gasteiger partial charge in [0, 0.05) is 24.2 Å². The molecule has 21 heavy (non-hydrogen) atoms. The maximum absolute atomic E-state index is 11.9. The van der Waals surface area contributed by atoms with Gasteiger partial charge in [-0.15, -0.1) is 0 Å². The van der Waals surface area contributed by atoms with Gasteiger partial charge in [-0.1, -0.05) is 6.92 Å². The zero-order valence-electron chi connectivity index (χ0n) is 13.1. The minimum Gasteiger partial charge on any atom is -0.493 e. The lowest BCUT2D eigenvalue weighted by atomic mass is 10.1. The molecule has 0 aliphatic rings. The zero-order chi connectivity index (χ0) is 15.8. The highest BCUT2D eigenvalue weighted by Gasteiger charge is 2.14. The van der Waals surface area contributed by atoms with Crippen molar-refractivity contribution in [3.05, 3.63) is 12.1 Å². The second-order valence-electron chi connectivity index (χ2n) is 4.84. The molecule has 1 amide bonds. The van der Waals surface area contributed by atoms with Gasteiger partial charge in [0.1, 0.15) is 0 Å². The molecule has 118 valence electrons. The number of hydrogen-bond acceptors (Lipinski definition) is 5. The Kier molecular flexibility index (Phi) is 6.81. The van der Waals surface area contributed by atoms with Crippen LogP contribution >= 0.6 is 0 Å². The number of amides is 1. The van der Waals surface area contributed by atoms with E-state index in [1.54, 1.807) is 12.1 Å². The number of ether oxygens (including phenoxy) is 3. The van der Waals surface area contributed by atoms with E-state index >= 15 is 0 Å². The van der Waals surface area contributed by atoms with Gasteiger partial charge in [0.2, 0.25) is 11.7 Å². The van der Waals surface area contributed by atoms with Crippen LogP contribution in [0.3, 0.4) is 0 Å². The Hall–Kier alpha value is -1.95. The van der Waals surface area contributed by atoms with Gasteiger partial charge in [0.25, 0.3) is 0 Å². The van der Waals surface area contributed by atoms with E-state index in [4.69, 9.17) is 19.9 Å². The second kappa shape index (κ2) is 8.36. The molecule has 0 radical (unpaired) electrons. The summed E-state index contributed by atoms with van der Waals surface area (Å²) in [7, 11) is 4.60. The molecule has 0 spiro atoms. The third-order valence-corrected chi connectivity index (χ3v) is 3.22. The first-order valence-corrected chi connectivity index (χ1v) is 6.85. The summed E-state index contributed by atoms with van der Waals surface area (Å²) in [6, 6.07) is 3.40. The number of anilines is 1. The lowest BCUT2D eigenvalue weighted by Crippen LogP contribution is -2.16. The average molecular weight is 296 g/mol. The van der Waals surface area contributed by atoms with Gasteiger partial charge in [-0.05, 0) is 18.9 Å². The van der Waals surface area contributed by atoms with Crippen molar-refractivity contribution in [3.63, 3.8) is 0 Å². The third kappa shape index (κ3) is 4.82. The summed E-state index contributed by atoms with van der Waals surface area (Å²) in [5, 5.41) is 2.83. The van der Waals surface area contributed by atoms with E-state index in [9.17, 15) is 4.79 Å². The highest BCUT2D eigenvalue weighted by atomic mass is 16.5. The van der Waals surface area contributed by atoms with Crippen molar-refractivity contribution in [2.45, 2.75) is 19.8 Å². The molecule has 1 atom stereocenters. The van der Waals surface area contributed by atoms with E-state index in [0.29, 0.717) is 41.8 Å². The summed E-state index contributed by atoms with van der Waals surface area (Å²) in [5.41, 5.74) is 6.15. The average Bonchev–Trinajstić information content (AvgIpc) is 2.51. The molecule has 0 fully saturated rings. The van der Waals surface area contributed by atoms with Crippen molar-refractivity contribution in [1.29, 1.82) is 0 Å². The van der Waals surface area contributed by atoms with Crippen LogP contribution in [0.25, 0.3) is 0 Å². The zero-order valence-corrected chi connectivity index (χ0v) is 13.1. The molecular formula is C15H24N2O4. The van der Waals surface area contributed by atoms with E-state index in [1.807, 2.05) is 6.92 Å². The van der Waals surface area contributed by atoms with Gasteiger partial charge >= 0.3 is 0 Å². The van der Waals surface area contributed by atoms with Crippen molar-refractivity contribution in [2.75, 3.05) is 33.2 Å². The minimum absolute atomic E-state index is 0.0652. The number of rotatable bonds is 8. The fourth-order valence-corrected chi connectivity index (χ4v) is 1.87. The van der Waals surface area contributed by atoms with Crippen LogP contribution < -0.4 is 25.3 Å². The maximum Gasteiger partial charge on any atom is 0.224 e. The van der Waals surface area contributed by atoms with Crippen LogP contribution in [-0.2, 0) is 4.79 Å². The normalized spacial score (nSPS) is 11.7. The van der Waals surface area contributed by atoms with Crippen LogP contribution in [0.4, 0.5) is 5.69 Å². The van der Waals surface area contributed by atoms with E-state index < -0.39 is 0 Å². The number of benzene rings is 1. The van der Waals surface area contributed by atoms with Crippen molar-refractivity contribution >= 4 is 11.6 Å². The highest BCUT2D eigenvalue weighted by Crippen LogP contribution is 2.39. The van der Waals surface area contributed by atoms with Gasteiger partial charge in [0.15, 0.2) is 11.5 Å². The standard InChI is InChI=1S/C15H24N2O4/c1-10(9-16)5-6-14(18)17-11-7-12(19-2)15(21-4)13(8-11)20-3/h7-8,10H,5-6,9,16H2,1-4H3,(H,17,18). The second-order valence-corrected chi connectivity index (χ2v) is 4.84. The largest absolute Gasteiger partial charge is 0.493 e. The van der Waals surface area contributed by atoms with E-state index in [2.05, 4.69) is 5.32 Å². The molecular weight excluding hydrogens is 272 g/mol. The van der Waals surface area contributed by atoms with E-state index in [0.717, 1.165) is 6.42 Å². The highest BCUT2D eigenvalue weighted by molar-refractivity contribution is 5.91. The summed E-state index contributed by atoms with van der Waals surface area (Å²) in [6.45, 7) is 2.60. The summed E-state index contributed by atoms with van der Waals surface area (Å²) in [5.74, 6) is 1.76. The van der Waals surface area contributed by atoms with Crippen LogP contribution in [0.5, 0.6) is 17.2 Å². The number of carbonyl (C=O) groups excluding carboxylic acids is 1. The molecule has 3 N–H and O–H groups in total. The van der Waals surface area contributed by atoms with Gasteiger partial charge in [-0.2, -0.15) is 0 Å². The number of hydrogen-bond donors (Lipinski definition) is 2. The van der Waals surface area contributed by atoms with E-state index in [-0.39, 0.29) is 5.91 Å². The molecule has 1 rings (SSSR count). The van der Waals surface area contributed by atoms with Gasteiger partial charge in [-0.3, -0.25) is 4.79 Å². The summed E-state index contributed by atoms with van der Waals surface area (Å²) in [6.07, 6.45) is 1.18. The summed E-state index contributed by atoms with van der Waals surface area (Å²) >= 11 is 0. The SMILES string of the molecule is COc1cc(NC(=O)CCC(C)CN)cc(OC)c1OC. The molecule has 0 saturated carbocycles. The molecule has 0 saturated heterocycles. The molecule has 6 nitrogen and oxygen atoms in total. The Bertz CT molecular complexity index is 452. The van der Waals surface area contributed by atoms with Crippen molar-refractivity contribution in [1.82, 2.24) is 0 Å². The van der Waals surface area contributed by atoms with Gasteiger partial charge in [0.05, 0.1) is 21.3 Å². The topological polar surface area (TPSA) is 82.8 Å². The quantitative estimate of drug-likeness (QED) is 0.767. The Labute approximate surface area is 125 Å². The first kappa shape index (κ1) is 17.1.